The molecule has 0 spiro atoms. The van der Waals surface area contributed by atoms with Crippen molar-refractivity contribution in [3.63, 3.8) is 0 Å². The smallest absolute Gasteiger partial charge is 0.261 e. The van der Waals surface area contributed by atoms with Crippen LogP contribution in [0.4, 0.5) is 0 Å². The molecule has 2 unspecified atom stereocenters. The van der Waals surface area contributed by atoms with Crippen LogP contribution in [-0.4, -0.2) is 46.8 Å². The SMILES string of the molecule is Cc1ncc(S(=O)(=O)N2C3CCC2C(=O)NC3)n1C. The molecule has 0 aliphatic carbocycles. The second-order valence-corrected chi connectivity index (χ2v) is 6.82. The maximum Gasteiger partial charge on any atom is 0.261 e. The third-order valence-electron chi connectivity index (χ3n) is 3.97. The minimum Gasteiger partial charge on any atom is -0.353 e. The van der Waals surface area contributed by atoms with Gasteiger partial charge in [0.15, 0.2) is 5.03 Å². The largest absolute Gasteiger partial charge is 0.353 e. The maximum atomic E-state index is 12.7. The Kier molecular flexibility index (Phi) is 2.68. The molecule has 0 saturated carbocycles. The first-order chi connectivity index (χ1) is 8.93. The van der Waals surface area contributed by atoms with Crippen LogP contribution < -0.4 is 5.32 Å². The highest BCUT2D eigenvalue weighted by Gasteiger charge is 2.49. The number of sulfonamides is 1. The van der Waals surface area contributed by atoms with Crippen molar-refractivity contribution >= 4 is 15.9 Å². The van der Waals surface area contributed by atoms with E-state index >= 15 is 0 Å². The number of hydrogen-bond donors (Lipinski definition) is 1. The van der Waals surface area contributed by atoms with Crippen molar-refractivity contribution in [2.75, 3.05) is 6.54 Å². The molecule has 1 N–H and O–H groups in total. The summed E-state index contributed by atoms with van der Waals surface area (Å²) in [6.45, 7) is 2.14. The van der Waals surface area contributed by atoms with Crippen LogP contribution >= 0.6 is 0 Å². The summed E-state index contributed by atoms with van der Waals surface area (Å²) >= 11 is 0. The molecule has 0 radical (unpaired) electrons. The van der Waals surface area contributed by atoms with E-state index in [4.69, 9.17) is 0 Å². The second-order valence-electron chi connectivity index (χ2n) is 5.03. The number of rotatable bonds is 2. The zero-order valence-electron chi connectivity index (χ0n) is 10.8. The quantitative estimate of drug-likeness (QED) is 0.784. The van der Waals surface area contributed by atoms with Gasteiger partial charge in [-0.15, -0.1) is 0 Å². The number of carbonyl (C=O) groups excluding carboxylic acids is 1. The zero-order valence-corrected chi connectivity index (χ0v) is 11.6. The molecule has 2 bridgehead atoms. The normalized spacial score (nSPS) is 27.6. The van der Waals surface area contributed by atoms with Crippen LogP contribution in [0, 0.1) is 6.92 Å². The highest BCUT2D eigenvalue weighted by Crippen LogP contribution is 2.33. The summed E-state index contributed by atoms with van der Waals surface area (Å²) in [5.74, 6) is 0.434. The van der Waals surface area contributed by atoms with Crippen LogP contribution in [0.2, 0.25) is 0 Å². The van der Waals surface area contributed by atoms with Crippen molar-refractivity contribution in [2.45, 2.75) is 36.9 Å². The minimum absolute atomic E-state index is 0.136. The molecular formula is C11H16N4O3S. The van der Waals surface area contributed by atoms with E-state index < -0.39 is 16.1 Å². The van der Waals surface area contributed by atoms with Crippen LogP contribution in [0.3, 0.4) is 0 Å². The number of aryl methyl sites for hydroxylation is 1. The standard InChI is InChI=1S/C11H16N4O3S/c1-7-12-6-10(14(7)2)19(17,18)15-8-3-4-9(15)11(16)13-5-8/h6,8-9H,3-5H2,1-2H3,(H,13,16). The lowest BCUT2D eigenvalue weighted by Gasteiger charge is -2.32. The summed E-state index contributed by atoms with van der Waals surface area (Å²) < 4.78 is 28.3. The molecule has 1 aromatic rings. The van der Waals surface area contributed by atoms with Gasteiger partial charge < -0.3 is 9.88 Å². The molecule has 3 rings (SSSR count). The predicted octanol–water partition coefficient (Wildman–Crippen LogP) is -0.620. The van der Waals surface area contributed by atoms with Gasteiger partial charge in [0.05, 0.1) is 6.20 Å². The van der Waals surface area contributed by atoms with Gasteiger partial charge in [0.2, 0.25) is 5.91 Å². The average Bonchev–Trinajstić information content (AvgIpc) is 2.87. The molecule has 104 valence electrons. The minimum atomic E-state index is -3.67. The Morgan fingerprint density at radius 1 is 1.42 bits per heavy atom. The molecule has 1 amide bonds. The Morgan fingerprint density at radius 2 is 2.16 bits per heavy atom. The number of fused-ring (bicyclic) bond motifs is 2. The molecule has 7 nitrogen and oxygen atoms in total. The molecule has 3 heterocycles. The summed E-state index contributed by atoms with van der Waals surface area (Å²) in [6.07, 6.45) is 2.67. The number of piperazine rings is 1. The third-order valence-corrected chi connectivity index (χ3v) is 5.99. The Balaban J connectivity index is 2.06. The Hall–Kier alpha value is -1.41. The van der Waals surface area contributed by atoms with E-state index in [1.807, 2.05) is 0 Å². The molecule has 8 heteroatoms. The van der Waals surface area contributed by atoms with Crippen LogP contribution in [0.15, 0.2) is 11.2 Å². The van der Waals surface area contributed by atoms with Crippen molar-refractivity contribution in [3.05, 3.63) is 12.0 Å². The Bertz CT molecular complexity index is 636. The van der Waals surface area contributed by atoms with Crippen molar-refractivity contribution in [3.8, 4) is 0 Å². The van der Waals surface area contributed by atoms with E-state index in [0.717, 1.165) is 6.42 Å². The lowest BCUT2D eigenvalue weighted by molar-refractivity contribution is -0.126. The second kappa shape index (κ2) is 4.04. The summed E-state index contributed by atoms with van der Waals surface area (Å²) in [6, 6.07) is -0.707. The molecule has 0 aromatic carbocycles. The summed E-state index contributed by atoms with van der Waals surface area (Å²) in [7, 11) is -2.00. The fraction of sp³-hybridized carbons (Fsp3) is 0.636. The van der Waals surface area contributed by atoms with Gasteiger partial charge in [0.25, 0.3) is 10.0 Å². The number of nitrogens with one attached hydrogen (secondary N) is 1. The zero-order chi connectivity index (χ0) is 13.8. The molecule has 2 fully saturated rings. The van der Waals surface area contributed by atoms with Crippen molar-refractivity contribution < 1.29 is 13.2 Å². The van der Waals surface area contributed by atoms with E-state index in [2.05, 4.69) is 10.3 Å². The van der Waals surface area contributed by atoms with Gasteiger partial charge in [0, 0.05) is 19.6 Å². The van der Waals surface area contributed by atoms with Crippen molar-refractivity contribution in [1.82, 2.24) is 19.2 Å². The van der Waals surface area contributed by atoms with Crippen LogP contribution in [0.25, 0.3) is 0 Å². The number of aromatic nitrogens is 2. The van der Waals surface area contributed by atoms with E-state index in [9.17, 15) is 13.2 Å². The van der Waals surface area contributed by atoms with Gasteiger partial charge in [-0.05, 0) is 19.8 Å². The number of amides is 1. The van der Waals surface area contributed by atoms with Gasteiger partial charge in [0.1, 0.15) is 11.9 Å². The first-order valence-corrected chi connectivity index (χ1v) is 7.66. The number of hydrogen-bond acceptors (Lipinski definition) is 4. The van der Waals surface area contributed by atoms with E-state index in [1.165, 1.54) is 10.5 Å². The van der Waals surface area contributed by atoms with Crippen LogP contribution in [0.5, 0.6) is 0 Å². The van der Waals surface area contributed by atoms with Crippen LogP contribution in [-0.2, 0) is 21.9 Å². The fourth-order valence-electron chi connectivity index (χ4n) is 2.83. The molecule has 2 saturated heterocycles. The summed E-state index contributed by atoms with van der Waals surface area (Å²) in [5, 5.41) is 2.90. The van der Waals surface area contributed by atoms with Gasteiger partial charge in [-0.1, -0.05) is 0 Å². The number of carbonyl (C=O) groups is 1. The highest BCUT2D eigenvalue weighted by molar-refractivity contribution is 7.89. The first kappa shape index (κ1) is 12.6. The van der Waals surface area contributed by atoms with Gasteiger partial charge in [-0.2, -0.15) is 4.31 Å². The number of nitrogens with zero attached hydrogens (tertiary/aromatic N) is 3. The lowest BCUT2D eigenvalue weighted by atomic mass is 10.2. The summed E-state index contributed by atoms with van der Waals surface area (Å²) in [4.78, 5) is 15.8. The fourth-order valence-corrected chi connectivity index (χ4v) is 4.82. The van der Waals surface area contributed by atoms with E-state index in [0.29, 0.717) is 18.8 Å². The Morgan fingerprint density at radius 3 is 2.79 bits per heavy atom. The number of imidazole rings is 1. The van der Waals surface area contributed by atoms with Crippen molar-refractivity contribution in [1.29, 1.82) is 0 Å². The average molecular weight is 284 g/mol. The van der Waals surface area contributed by atoms with Crippen LogP contribution in [0.1, 0.15) is 18.7 Å². The monoisotopic (exact) mass is 284 g/mol. The molecular weight excluding hydrogens is 268 g/mol. The molecule has 2 aliphatic rings. The lowest BCUT2D eigenvalue weighted by Crippen LogP contribution is -2.57. The highest BCUT2D eigenvalue weighted by atomic mass is 32.2. The molecule has 19 heavy (non-hydrogen) atoms. The first-order valence-electron chi connectivity index (χ1n) is 6.22. The van der Waals surface area contributed by atoms with E-state index in [-0.39, 0.29) is 17.0 Å². The van der Waals surface area contributed by atoms with Gasteiger partial charge >= 0.3 is 0 Å². The predicted molar refractivity (Wildman–Crippen MR) is 66.8 cm³/mol. The van der Waals surface area contributed by atoms with Crippen molar-refractivity contribution in [2.24, 2.45) is 7.05 Å². The molecule has 2 atom stereocenters. The molecule has 1 aromatic heterocycles. The van der Waals surface area contributed by atoms with Gasteiger partial charge in [-0.25, -0.2) is 13.4 Å². The molecule has 2 aliphatic heterocycles. The maximum absolute atomic E-state index is 12.7. The summed E-state index contributed by atoms with van der Waals surface area (Å²) in [5.41, 5.74) is 0. The Labute approximate surface area is 111 Å². The third kappa shape index (κ3) is 1.70. The van der Waals surface area contributed by atoms with Gasteiger partial charge in [-0.3, -0.25) is 4.79 Å². The van der Waals surface area contributed by atoms with E-state index in [1.54, 1.807) is 18.5 Å². The topological polar surface area (TPSA) is 84.3 Å².